The quantitative estimate of drug-likeness (QED) is 0.746. The Morgan fingerprint density at radius 3 is 2.39 bits per heavy atom. The Kier molecular flexibility index (Phi) is 6.77. The van der Waals surface area contributed by atoms with E-state index in [4.69, 9.17) is 14.2 Å². The molecule has 0 aromatic heterocycles. The first-order chi connectivity index (χ1) is 13.2. The molecule has 152 valence electrons. The molecule has 0 bridgehead atoms. The third-order valence-electron chi connectivity index (χ3n) is 4.26. The predicted octanol–water partition coefficient (Wildman–Crippen LogP) is 3.14. The molecule has 2 rings (SSSR count). The van der Waals surface area contributed by atoms with Gasteiger partial charge in [-0.25, -0.2) is 18.4 Å². The number of dihydropyridines is 1. The van der Waals surface area contributed by atoms with Crippen LogP contribution >= 0.6 is 0 Å². The van der Waals surface area contributed by atoms with Gasteiger partial charge >= 0.3 is 11.9 Å². The van der Waals surface area contributed by atoms with E-state index >= 15 is 0 Å². The second kappa shape index (κ2) is 8.86. The van der Waals surface area contributed by atoms with Crippen LogP contribution in [0.25, 0.3) is 0 Å². The number of hydrogen-bond acceptors (Lipinski definition) is 6. The van der Waals surface area contributed by atoms with Gasteiger partial charge in [-0.15, -0.1) is 0 Å². The minimum Gasteiger partial charge on any atom is -0.497 e. The summed E-state index contributed by atoms with van der Waals surface area (Å²) in [4.78, 5) is 25.2. The molecule has 1 aromatic carbocycles. The van der Waals surface area contributed by atoms with Crippen LogP contribution in [0, 0.1) is 5.82 Å². The highest BCUT2D eigenvalue weighted by Crippen LogP contribution is 2.41. The molecule has 1 atom stereocenters. The SMILES string of the molecule is COC(=O)C1=C(CF)NC(C)=C(C(=O)OC(C)C)C1c1cc(OC)ccc1F. The van der Waals surface area contributed by atoms with E-state index in [0.717, 1.165) is 13.2 Å². The highest BCUT2D eigenvalue weighted by molar-refractivity contribution is 6.00. The molecule has 1 aliphatic heterocycles. The number of carbonyl (C=O) groups is 2. The normalized spacial score (nSPS) is 16.8. The van der Waals surface area contributed by atoms with Gasteiger partial charge in [0.2, 0.25) is 0 Å². The van der Waals surface area contributed by atoms with Gasteiger partial charge in [0.1, 0.15) is 18.2 Å². The molecule has 8 heteroatoms. The summed E-state index contributed by atoms with van der Waals surface area (Å²) in [6, 6.07) is 3.92. The van der Waals surface area contributed by atoms with Crippen LogP contribution in [0.4, 0.5) is 8.78 Å². The number of ether oxygens (including phenoxy) is 3. The van der Waals surface area contributed by atoms with Gasteiger partial charge in [0.05, 0.1) is 43.1 Å². The molecular formula is C20H23F2NO5. The second-order valence-corrected chi connectivity index (χ2v) is 6.46. The fourth-order valence-corrected chi connectivity index (χ4v) is 3.08. The van der Waals surface area contributed by atoms with Crippen molar-refractivity contribution in [2.75, 3.05) is 20.9 Å². The summed E-state index contributed by atoms with van der Waals surface area (Å²) in [7, 11) is 2.53. The van der Waals surface area contributed by atoms with Crippen molar-refractivity contribution < 1.29 is 32.6 Å². The van der Waals surface area contributed by atoms with Crippen molar-refractivity contribution in [3.8, 4) is 5.75 Å². The average molecular weight is 395 g/mol. The molecule has 0 amide bonds. The van der Waals surface area contributed by atoms with Crippen LogP contribution in [0.15, 0.2) is 40.7 Å². The maximum Gasteiger partial charge on any atom is 0.337 e. The number of rotatable bonds is 6. The molecule has 0 fully saturated rings. The number of carbonyl (C=O) groups excluding carboxylic acids is 2. The van der Waals surface area contributed by atoms with Crippen LogP contribution in [0.5, 0.6) is 5.75 Å². The van der Waals surface area contributed by atoms with Crippen molar-refractivity contribution in [2.45, 2.75) is 32.8 Å². The average Bonchev–Trinajstić information content (AvgIpc) is 2.66. The maximum absolute atomic E-state index is 14.8. The molecule has 6 nitrogen and oxygen atoms in total. The van der Waals surface area contributed by atoms with Crippen molar-refractivity contribution in [3.05, 3.63) is 52.1 Å². The highest BCUT2D eigenvalue weighted by atomic mass is 19.1. The fraction of sp³-hybridized carbons (Fsp3) is 0.400. The molecule has 0 saturated heterocycles. The lowest BCUT2D eigenvalue weighted by atomic mass is 9.80. The van der Waals surface area contributed by atoms with E-state index in [9.17, 15) is 18.4 Å². The molecule has 0 spiro atoms. The van der Waals surface area contributed by atoms with Gasteiger partial charge in [0, 0.05) is 11.3 Å². The molecule has 0 saturated carbocycles. The number of benzene rings is 1. The van der Waals surface area contributed by atoms with Gasteiger partial charge in [-0.05, 0) is 39.0 Å². The zero-order chi connectivity index (χ0) is 21.0. The van der Waals surface area contributed by atoms with E-state index in [1.165, 1.54) is 26.2 Å². The Morgan fingerprint density at radius 2 is 1.86 bits per heavy atom. The standard InChI is InChI=1S/C20H23F2NO5/c1-10(2)28-20(25)16-11(3)23-15(9-21)18(19(24)27-5)17(16)13-8-12(26-4)6-7-14(13)22/h6-8,10,17,23H,9H2,1-5H3. The van der Waals surface area contributed by atoms with Crippen molar-refractivity contribution >= 4 is 11.9 Å². The minimum absolute atomic E-state index is 0.00143. The number of hydrogen-bond donors (Lipinski definition) is 1. The van der Waals surface area contributed by atoms with Crippen LogP contribution in [-0.2, 0) is 19.1 Å². The Bertz CT molecular complexity index is 845. The summed E-state index contributed by atoms with van der Waals surface area (Å²) in [5.74, 6) is -3.22. The molecule has 1 unspecified atom stereocenters. The molecule has 0 radical (unpaired) electrons. The summed E-state index contributed by atoms with van der Waals surface area (Å²) in [5, 5.41) is 2.71. The van der Waals surface area contributed by atoms with E-state index in [-0.39, 0.29) is 28.1 Å². The molecule has 1 heterocycles. The summed E-state index contributed by atoms with van der Waals surface area (Å²) < 4.78 is 43.7. The number of nitrogens with one attached hydrogen (secondary N) is 1. The predicted molar refractivity (Wildman–Crippen MR) is 97.8 cm³/mol. The molecular weight excluding hydrogens is 372 g/mol. The monoisotopic (exact) mass is 395 g/mol. The van der Waals surface area contributed by atoms with Gasteiger partial charge in [-0.2, -0.15) is 0 Å². The van der Waals surface area contributed by atoms with Crippen LogP contribution in [0.2, 0.25) is 0 Å². The zero-order valence-electron chi connectivity index (χ0n) is 16.4. The van der Waals surface area contributed by atoms with Gasteiger partial charge in [0.25, 0.3) is 0 Å². The summed E-state index contributed by atoms with van der Waals surface area (Å²) in [5.41, 5.74) is -0.0602. The lowest BCUT2D eigenvalue weighted by molar-refractivity contribution is -0.143. The van der Waals surface area contributed by atoms with Crippen LogP contribution in [0.3, 0.4) is 0 Å². The number of halogens is 2. The number of esters is 2. The van der Waals surface area contributed by atoms with E-state index in [0.29, 0.717) is 5.75 Å². The Hall–Kier alpha value is -2.90. The molecule has 1 aliphatic rings. The van der Waals surface area contributed by atoms with E-state index in [1.54, 1.807) is 13.8 Å². The van der Waals surface area contributed by atoms with Crippen molar-refractivity contribution in [1.82, 2.24) is 5.32 Å². The topological polar surface area (TPSA) is 73.9 Å². The molecule has 1 aromatic rings. The lowest BCUT2D eigenvalue weighted by Gasteiger charge is -2.31. The van der Waals surface area contributed by atoms with Crippen molar-refractivity contribution in [1.29, 1.82) is 0 Å². The van der Waals surface area contributed by atoms with Gasteiger partial charge < -0.3 is 19.5 Å². The summed E-state index contributed by atoms with van der Waals surface area (Å²) in [6.07, 6.45) is -0.447. The Morgan fingerprint density at radius 1 is 1.18 bits per heavy atom. The second-order valence-electron chi connectivity index (χ2n) is 6.46. The minimum atomic E-state index is -1.22. The van der Waals surface area contributed by atoms with Crippen molar-refractivity contribution in [3.63, 3.8) is 0 Å². The first kappa shape index (κ1) is 21.4. The molecule has 1 N–H and O–H groups in total. The van der Waals surface area contributed by atoms with Crippen molar-refractivity contribution in [2.24, 2.45) is 0 Å². The number of methoxy groups -OCH3 is 2. The smallest absolute Gasteiger partial charge is 0.337 e. The van der Waals surface area contributed by atoms with Crippen LogP contribution < -0.4 is 10.1 Å². The van der Waals surface area contributed by atoms with E-state index < -0.39 is 36.5 Å². The highest BCUT2D eigenvalue weighted by Gasteiger charge is 2.40. The Balaban J connectivity index is 2.78. The largest absolute Gasteiger partial charge is 0.497 e. The maximum atomic E-state index is 14.8. The van der Waals surface area contributed by atoms with Crippen LogP contribution in [0.1, 0.15) is 32.3 Å². The zero-order valence-corrected chi connectivity index (χ0v) is 16.4. The van der Waals surface area contributed by atoms with Gasteiger partial charge in [-0.3, -0.25) is 0 Å². The lowest BCUT2D eigenvalue weighted by Crippen LogP contribution is -2.34. The number of alkyl halides is 1. The molecule has 28 heavy (non-hydrogen) atoms. The third kappa shape index (κ3) is 4.16. The summed E-state index contributed by atoms with van der Waals surface area (Å²) >= 11 is 0. The summed E-state index contributed by atoms with van der Waals surface area (Å²) in [6.45, 7) is 3.83. The fourth-order valence-electron chi connectivity index (χ4n) is 3.08. The third-order valence-corrected chi connectivity index (χ3v) is 4.26. The van der Waals surface area contributed by atoms with Gasteiger partial charge in [0.15, 0.2) is 0 Å². The van der Waals surface area contributed by atoms with Crippen LogP contribution in [-0.4, -0.2) is 38.9 Å². The first-order valence-electron chi connectivity index (χ1n) is 8.64. The Labute approximate surface area is 162 Å². The van der Waals surface area contributed by atoms with E-state index in [2.05, 4.69) is 5.32 Å². The van der Waals surface area contributed by atoms with E-state index in [1.807, 2.05) is 0 Å². The first-order valence-corrected chi connectivity index (χ1v) is 8.64. The van der Waals surface area contributed by atoms with Gasteiger partial charge in [-0.1, -0.05) is 0 Å². The number of allylic oxidation sites excluding steroid dienone is 2. The molecule has 0 aliphatic carbocycles.